The van der Waals surface area contributed by atoms with Gasteiger partial charge in [0.25, 0.3) is 0 Å². The van der Waals surface area contributed by atoms with Crippen LogP contribution in [0.5, 0.6) is 6.01 Å². The fourth-order valence-electron chi connectivity index (χ4n) is 5.69. The van der Waals surface area contributed by atoms with Crippen molar-refractivity contribution >= 4 is 20.5 Å². The average molecular weight is 589 g/mol. The van der Waals surface area contributed by atoms with Crippen molar-refractivity contribution in [1.82, 2.24) is 19.8 Å². The molecule has 2 fully saturated rings. The van der Waals surface area contributed by atoms with Crippen LogP contribution in [0.2, 0.25) is 0 Å². The fraction of sp³-hybridized carbons (Fsp3) is 0.500. The van der Waals surface area contributed by atoms with Gasteiger partial charge >= 0.3 is 12.2 Å². The zero-order chi connectivity index (χ0) is 29.1. The van der Waals surface area contributed by atoms with Gasteiger partial charge in [-0.2, -0.15) is 28.4 Å². The van der Waals surface area contributed by atoms with Gasteiger partial charge in [-0.05, 0) is 44.1 Å². The van der Waals surface area contributed by atoms with Crippen LogP contribution in [0.15, 0.2) is 36.9 Å². The van der Waals surface area contributed by atoms with Crippen LogP contribution in [0.4, 0.5) is 19.0 Å². The molecule has 1 aromatic heterocycles. The van der Waals surface area contributed by atoms with E-state index in [1.807, 2.05) is 11.9 Å². The Morgan fingerprint density at radius 2 is 2.10 bits per heavy atom. The zero-order valence-electron chi connectivity index (χ0n) is 22.7. The van der Waals surface area contributed by atoms with E-state index in [-0.39, 0.29) is 57.6 Å². The Morgan fingerprint density at radius 1 is 1.29 bits per heavy atom. The van der Waals surface area contributed by atoms with Crippen LogP contribution in [0.3, 0.4) is 0 Å². The van der Waals surface area contributed by atoms with Crippen molar-refractivity contribution in [2.75, 3.05) is 38.1 Å². The van der Waals surface area contributed by atoms with Gasteiger partial charge in [0.05, 0.1) is 57.1 Å². The summed E-state index contributed by atoms with van der Waals surface area (Å²) < 4.78 is 53.5. The zero-order valence-corrected chi connectivity index (χ0v) is 23.7. The number of carbonyl (C=O) groups is 1. The summed E-state index contributed by atoms with van der Waals surface area (Å²) in [7, 11) is 2.15. The summed E-state index contributed by atoms with van der Waals surface area (Å²) >= 11 is 0. The minimum absolute atomic E-state index is 0.0180. The van der Waals surface area contributed by atoms with E-state index >= 15 is 0 Å². The van der Waals surface area contributed by atoms with Gasteiger partial charge in [0.15, 0.2) is 0 Å². The monoisotopic (exact) mass is 588 g/mol. The summed E-state index contributed by atoms with van der Waals surface area (Å²) in [5.74, 6) is 0.571. The second-order valence-corrected chi connectivity index (χ2v) is 11.5. The lowest BCUT2D eigenvalue weighted by atomic mass is 9.95. The summed E-state index contributed by atoms with van der Waals surface area (Å²) in [6.07, 6.45) is -1.77. The Balaban J connectivity index is 1.47. The third kappa shape index (κ3) is 6.32. The van der Waals surface area contributed by atoms with Crippen molar-refractivity contribution in [2.24, 2.45) is 0 Å². The Morgan fingerprint density at radius 3 is 2.80 bits per heavy atom. The number of anilines is 1. The van der Waals surface area contributed by atoms with Crippen molar-refractivity contribution in [2.45, 2.75) is 56.4 Å². The third-order valence-corrected chi connectivity index (χ3v) is 9.15. The molecule has 2 aromatic rings. The Bertz CT molecular complexity index is 1340. The molecule has 0 N–H and O–H groups in total. The van der Waals surface area contributed by atoms with E-state index in [0.29, 0.717) is 36.7 Å². The molecule has 5 rings (SSSR count). The second kappa shape index (κ2) is 12.3. The summed E-state index contributed by atoms with van der Waals surface area (Å²) in [4.78, 5) is 27.7. The highest BCUT2D eigenvalue weighted by Gasteiger charge is 2.38. The molecule has 218 valence electrons. The van der Waals surface area contributed by atoms with Crippen molar-refractivity contribution in [3.8, 4) is 12.1 Å². The number of amides is 1. The number of nitrogens with zero attached hydrogens (tertiary/aromatic N) is 6. The Kier molecular flexibility index (Phi) is 8.78. The van der Waals surface area contributed by atoms with E-state index in [1.165, 1.54) is 18.2 Å². The van der Waals surface area contributed by atoms with Crippen LogP contribution in [0.25, 0.3) is 0 Å². The highest BCUT2D eigenvalue weighted by molar-refractivity contribution is 7.33. The van der Waals surface area contributed by atoms with Crippen molar-refractivity contribution < 1.29 is 27.2 Å². The number of hydrogen-bond acceptors (Lipinski definition) is 8. The molecule has 2 saturated heterocycles. The van der Waals surface area contributed by atoms with Crippen molar-refractivity contribution in [1.29, 1.82) is 5.26 Å². The van der Waals surface area contributed by atoms with Gasteiger partial charge in [-0.25, -0.2) is 0 Å². The minimum atomic E-state index is -4.52. The fourth-order valence-corrected chi connectivity index (χ4v) is 6.65. The maximum absolute atomic E-state index is 13.8. The Labute approximate surface area is 238 Å². The lowest BCUT2D eigenvalue weighted by Crippen LogP contribution is -2.55. The first-order valence-electron chi connectivity index (χ1n) is 13.5. The molecule has 4 atom stereocenters. The molecule has 0 saturated carbocycles. The predicted molar refractivity (Wildman–Crippen MR) is 147 cm³/mol. The number of nitriles is 1. The van der Waals surface area contributed by atoms with Crippen LogP contribution in [0, 0.1) is 11.3 Å². The number of fused-ring (bicyclic) bond motifs is 1. The first kappa shape index (κ1) is 29.2. The number of piperazine rings is 1. The van der Waals surface area contributed by atoms with Gasteiger partial charge in [0, 0.05) is 31.6 Å². The van der Waals surface area contributed by atoms with E-state index in [2.05, 4.69) is 22.5 Å². The lowest BCUT2D eigenvalue weighted by molar-refractivity contribution is -0.139. The van der Waals surface area contributed by atoms with Gasteiger partial charge in [-0.15, -0.1) is 0 Å². The van der Waals surface area contributed by atoms with Crippen LogP contribution >= 0.6 is 8.81 Å². The highest BCUT2D eigenvalue weighted by Crippen LogP contribution is 2.41. The summed E-state index contributed by atoms with van der Waals surface area (Å²) in [6.45, 7) is 5.74. The van der Waals surface area contributed by atoms with E-state index < -0.39 is 17.8 Å². The summed E-state index contributed by atoms with van der Waals surface area (Å²) in [5.41, 5.74) is 0.587. The lowest BCUT2D eigenvalue weighted by Gasteiger charge is -2.42. The maximum Gasteiger partial charge on any atom is 0.416 e. The van der Waals surface area contributed by atoms with Crippen LogP contribution in [-0.4, -0.2) is 70.7 Å². The van der Waals surface area contributed by atoms with Gasteiger partial charge in [0.1, 0.15) is 5.82 Å². The number of likely N-dealkylation sites (tertiary alicyclic amines) is 1. The molecule has 0 radical (unpaired) electrons. The summed E-state index contributed by atoms with van der Waals surface area (Å²) in [6, 6.07) is 7.39. The van der Waals surface area contributed by atoms with Gasteiger partial charge in [0.2, 0.25) is 5.91 Å². The molecule has 9 nitrogen and oxygen atoms in total. The molecule has 1 aromatic carbocycles. The van der Waals surface area contributed by atoms with E-state index in [0.717, 1.165) is 25.5 Å². The molecule has 4 heterocycles. The number of rotatable bonds is 7. The largest absolute Gasteiger partial charge is 0.444 e. The number of carbonyl (C=O) groups excluding carboxylic acids is 1. The molecule has 0 bridgehead atoms. The number of hydrogen-bond donors (Lipinski definition) is 0. The molecule has 0 aliphatic carbocycles. The van der Waals surface area contributed by atoms with Gasteiger partial charge < -0.3 is 19.1 Å². The smallest absolute Gasteiger partial charge is 0.416 e. The normalized spacial score (nSPS) is 23.4. The van der Waals surface area contributed by atoms with E-state index in [9.17, 15) is 23.2 Å². The molecule has 3 aliphatic rings. The number of aromatic nitrogens is 2. The van der Waals surface area contributed by atoms with Crippen molar-refractivity contribution in [3.63, 3.8) is 0 Å². The molecule has 3 aliphatic heterocycles. The molecule has 41 heavy (non-hydrogen) atoms. The van der Waals surface area contributed by atoms with E-state index in [4.69, 9.17) is 14.2 Å². The standard InChI is InChI=1S/C28H32F3N6O3P/c1-3-24(38)37-14-13-36(16-18(37)10-11-32)26-20-17-39-23(19-7-4-5-8-21(19)28(29,30)31)15-22(20)33-27(34-26)40-41-25-9-6-12-35(25)2/h3-5,7-8,18,23,25,41H,1,6,9-10,12-17H2,2H3/t18-,23?,25+/m0/s1. The highest BCUT2D eigenvalue weighted by atomic mass is 31.1. The second-order valence-electron chi connectivity index (χ2n) is 10.4. The molecule has 13 heteroatoms. The van der Waals surface area contributed by atoms with Gasteiger partial charge in [-0.3, -0.25) is 9.69 Å². The molecular formula is C28H32F3N6O3P. The maximum atomic E-state index is 13.8. The number of ether oxygens (including phenoxy) is 1. The third-order valence-electron chi connectivity index (χ3n) is 7.84. The molecule has 1 amide bonds. The molecule has 2 unspecified atom stereocenters. The molecular weight excluding hydrogens is 556 g/mol. The van der Waals surface area contributed by atoms with E-state index in [1.54, 1.807) is 11.0 Å². The van der Waals surface area contributed by atoms with Crippen molar-refractivity contribution in [3.05, 3.63) is 59.3 Å². The predicted octanol–water partition coefficient (Wildman–Crippen LogP) is 4.45. The number of benzene rings is 1. The van der Waals surface area contributed by atoms with Crippen LogP contribution < -0.4 is 9.42 Å². The number of halogens is 3. The average Bonchev–Trinajstić information content (AvgIpc) is 3.39. The van der Waals surface area contributed by atoms with Crippen LogP contribution in [0.1, 0.15) is 47.8 Å². The quantitative estimate of drug-likeness (QED) is 0.346. The first-order chi connectivity index (χ1) is 19.7. The SMILES string of the molecule is C=CC(=O)N1CCN(c2nc(OP[C@@H]3CCCN3C)nc3c2COC(c2ccccc2C(F)(F)F)C3)C[C@@H]1CC#N. The minimum Gasteiger partial charge on any atom is -0.444 e. The van der Waals surface area contributed by atoms with Gasteiger partial charge in [-0.1, -0.05) is 24.8 Å². The number of alkyl halides is 3. The molecule has 0 spiro atoms. The first-order valence-corrected chi connectivity index (χ1v) is 14.5. The Hall–Kier alpha value is -3.26. The topological polar surface area (TPSA) is 94.8 Å². The van der Waals surface area contributed by atoms with Crippen LogP contribution in [-0.2, 0) is 28.7 Å². The summed E-state index contributed by atoms with van der Waals surface area (Å²) in [5, 5.41) is 9.41.